The number of hydrogen-bond acceptors (Lipinski definition) is 6. The molecule has 2 aromatic carbocycles. The average molecular weight is 829 g/mol. The third-order valence-corrected chi connectivity index (χ3v) is 13.5. The molecule has 0 fully saturated rings. The molecule has 11 heteroatoms. The van der Waals surface area contributed by atoms with Crippen molar-refractivity contribution < 1.29 is 19.7 Å². The van der Waals surface area contributed by atoms with Crippen LogP contribution in [0.5, 0.6) is 0 Å². The van der Waals surface area contributed by atoms with Crippen molar-refractivity contribution >= 4 is 40.2 Å². The molecule has 0 saturated heterocycles. The number of halogens is 2. The van der Waals surface area contributed by atoms with Crippen LogP contribution in [0.25, 0.3) is 22.5 Å². The summed E-state index contributed by atoms with van der Waals surface area (Å²) < 4.78 is 12.1. The highest BCUT2D eigenvalue weighted by atomic mass is 79.9. The minimum absolute atomic E-state index is 0. The molecule has 0 aliphatic heterocycles. The van der Waals surface area contributed by atoms with E-state index in [1.807, 2.05) is 65.5 Å². The topological polar surface area (TPSA) is 106 Å². The van der Waals surface area contributed by atoms with Crippen molar-refractivity contribution in [1.29, 1.82) is 0 Å². The van der Waals surface area contributed by atoms with Gasteiger partial charge in [-0.2, -0.15) is 0 Å². The Balaban J connectivity index is 0. The molecule has 2 heterocycles. The first-order valence-corrected chi connectivity index (χ1v) is 19.6. The van der Waals surface area contributed by atoms with Crippen molar-refractivity contribution in [2.45, 2.75) is 121 Å². The highest BCUT2D eigenvalue weighted by Gasteiger charge is 2.37. The summed E-state index contributed by atoms with van der Waals surface area (Å²) in [6, 6.07) is 15.9. The number of aromatic nitrogens is 4. The maximum Gasteiger partial charge on any atom is 0.192 e. The molecule has 0 atom stereocenters. The Morgan fingerprint density at radius 2 is 1.00 bits per heavy atom. The summed E-state index contributed by atoms with van der Waals surface area (Å²) in [6.07, 6.45) is 3.86. The van der Waals surface area contributed by atoms with Crippen LogP contribution < -0.4 is 0 Å². The van der Waals surface area contributed by atoms with Crippen molar-refractivity contribution in [3.63, 3.8) is 0 Å². The van der Waals surface area contributed by atoms with E-state index < -0.39 is 19.5 Å². The van der Waals surface area contributed by atoms with Crippen LogP contribution in [-0.2, 0) is 28.7 Å². The van der Waals surface area contributed by atoms with E-state index in [0.29, 0.717) is 31.3 Å². The van der Waals surface area contributed by atoms with Crippen LogP contribution in [0.1, 0.15) is 89.8 Å². The second-order valence-corrected chi connectivity index (χ2v) is 20.4. The lowest BCUT2D eigenvalue weighted by molar-refractivity contribution is 0.0632. The Bertz CT molecular complexity index is 1530. The molecule has 4 rings (SSSR count). The zero-order valence-electron chi connectivity index (χ0n) is 27.9. The van der Waals surface area contributed by atoms with Crippen LogP contribution in [0.15, 0.2) is 69.9 Å². The van der Waals surface area contributed by atoms with Crippen molar-refractivity contribution in [2.75, 3.05) is 13.2 Å². The summed E-state index contributed by atoms with van der Waals surface area (Å²) in [7, 11) is -1.79. The van der Waals surface area contributed by atoms with Crippen LogP contribution in [0.3, 0.4) is 0 Å². The molecular weight excluding hydrogens is 764 g/mol. The van der Waals surface area contributed by atoms with Crippen molar-refractivity contribution in [1.82, 2.24) is 19.1 Å². The molecule has 0 aliphatic carbocycles. The first-order valence-electron chi connectivity index (χ1n) is 15.1. The van der Waals surface area contributed by atoms with Crippen LogP contribution >= 0.6 is 31.9 Å². The van der Waals surface area contributed by atoms with Crippen LogP contribution in [-0.4, -0.2) is 56.0 Å². The molecule has 2 aromatic heterocycles. The van der Waals surface area contributed by atoms with E-state index in [0.717, 1.165) is 31.5 Å². The van der Waals surface area contributed by atoms with Gasteiger partial charge in [-0.15, -0.1) is 0 Å². The van der Waals surface area contributed by atoms with E-state index in [9.17, 15) is 10.2 Å². The number of aliphatic hydroxyl groups is 3. The zero-order chi connectivity index (χ0) is 33.8. The Morgan fingerprint density at radius 1 is 0.653 bits per heavy atom. The SMILES string of the molecule is C.C.C.C.CC(C)(O)c1nc(-c2ccc(Br)cc2)cn1CCO.CC(C)(O)c1nc(-c2ccc(Br)cc2)cn1CCO[Si](C)(C)C(C)(C)C. The van der Waals surface area contributed by atoms with Gasteiger partial charge in [0.25, 0.3) is 0 Å². The molecule has 8 nitrogen and oxygen atoms in total. The van der Waals surface area contributed by atoms with E-state index >= 15 is 0 Å². The van der Waals surface area contributed by atoms with Gasteiger partial charge in [-0.05, 0) is 70.1 Å². The fourth-order valence-corrected chi connectivity index (χ4v) is 5.96. The number of benzene rings is 2. The molecular formula is C38H64Br2N4O4Si. The predicted molar refractivity (Wildman–Crippen MR) is 218 cm³/mol. The van der Waals surface area contributed by atoms with Crippen molar-refractivity contribution in [3.8, 4) is 22.5 Å². The summed E-state index contributed by atoms with van der Waals surface area (Å²) in [5.41, 5.74) is 1.61. The lowest BCUT2D eigenvalue weighted by Crippen LogP contribution is -2.41. The van der Waals surface area contributed by atoms with Gasteiger partial charge in [0.1, 0.15) is 22.9 Å². The highest BCUT2D eigenvalue weighted by Crippen LogP contribution is 2.36. The molecule has 0 radical (unpaired) electrons. The maximum atomic E-state index is 10.5. The van der Waals surface area contributed by atoms with Gasteiger partial charge < -0.3 is 28.9 Å². The second kappa shape index (κ2) is 19.5. The van der Waals surface area contributed by atoms with Crippen LogP contribution in [0.2, 0.25) is 18.1 Å². The third-order valence-electron chi connectivity index (χ3n) is 7.87. The van der Waals surface area contributed by atoms with Gasteiger partial charge in [0, 0.05) is 45.6 Å². The summed E-state index contributed by atoms with van der Waals surface area (Å²) in [5.74, 6) is 1.22. The van der Waals surface area contributed by atoms with Crippen LogP contribution in [0, 0.1) is 0 Å². The minimum atomic E-state index is -1.79. The van der Waals surface area contributed by atoms with Gasteiger partial charge in [0.2, 0.25) is 0 Å². The lowest BCUT2D eigenvalue weighted by Gasteiger charge is -2.36. The van der Waals surface area contributed by atoms with Crippen molar-refractivity contribution in [3.05, 3.63) is 81.5 Å². The number of nitrogens with zero attached hydrogens (tertiary/aromatic N) is 4. The molecule has 0 unspecified atom stereocenters. The Morgan fingerprint density at radius 3 is 1.31 bits per heavy atom. The monoisotopic (exact) mass is 826 g/mol. The van der Waals surface area contributed by atoms with Gasteiger partial charge in [0.15, 0.2) is 8.32 Å². The minimum Gasteiger partial charge on any atom is -0.415 e. The molecule has 0 amide bonds. The zero-order valence-corrected chi connectivity index (χ0v) is 32.1. The molecule has 3 N–H and O–H groups in total. The number of aliphatic hydroxyl groups excluding tert-OH is 1. The van der Waals surface area contributed by atoms with Gasteiger partial charge >= 0.3 is 0 Å². The molecule has 49 heavy (non-hydrogen) atoms. The molecule has 0 spiro atoms. The fourth-order valence-electron chi connectivity index (χ4n) is 4.39. The van der Waals surface area contributed by atoms with Crippen molar-refractivity contribution in [2.24, 2.45) is 0 Å². The van der Waals surface area contributed by atoms with Crippen LogP contribution in [0.4, 0.5) is 0 Å². The molecule has 0 bridgehead atoms. The quantitative estimate of drug-likeness (QED) is 0.138. The summed E-state index contributed by atoms with van der Waals surface area (Å²) in [4.78, 5) is 9.19. The van der Waals surface area contributed by atoms with E-state index in [2.05, 4.69) is 70.7 Å². The lowest BCUT2D eigenvalue weighted by atomic mass is 10.1. The Kier molecular flexibility index (Phi) is 19.5. The molecule has 0 saturated carbocycles. The highest BCUT2D eigenvalue weighted by molar-refractivity contribution is 9.10. The largest absolute Gasteiger partial charge is 0.415 e. The maximum absolute atomic E-state index is 10.5. The van der Waals surface area contributed by atoms with E-state index in [-0.39, 0.29) is 41.4 Å². The number of hydrogen-bond donors (Lipinski definition) is 3. The second-order valence-electron chi connectivity index (χ2n) is 13.8. The molecule has 4 aromatic rings. The third kappa shape index (κ3) is 13.5. The van der Waals surface area contributed by atoms with Gasteiger partial charge in [-0.1, -0.05) is 107 Å². The average Bonchev–Trinajstić information content (AvgIpc) is 3.55. The first-order chi connectivity index (χ1) is 20.7. The van der Waals surface area contributed by atoms with E-state index in [1.165, 1.54) is 0 Å². The van der Waals surface area contributed by atoms with Gasteiger partial charge in [-0.25, -0.2) is 9.97 Å². The number of imidazole rings is 2. The fraction of sp³-hybridized carbons (Fsp3) is 0.526. The Hall–Kier alpha value is -2.12. The van der Waals surface area contributed by atoms with Gasteiger partial charge in [-0.3, -0.25) is 0 Å². The summed E-state index contributed by atoms with van der Waals surface area (Å²) >= 11 is 6.86. The molecule has 0 aliphatic rings. The Labute approximate surface area is 315 Å². The van der Waals surface area contributed by atoms with E-state index in [1.54, 1.807) is 32.3 Å². The predicted octanol–water partition coefficient (Wildman–Crippen LogP) is 10.6. The summed E-state index contributed by atoms with van der Waals surface area (Å²) in [6.45, 7) is 19.9. The smallest absolute Gasteiger partial charge is 0.192 e. The first kappa shape index (κ1) is 49.0. The van der Waals surface area contributed by atoms with E-state index in [4.69, 9.17) is 14.5 Å². The number of rotatable bonds is 10. The van der Waals surface area contributed by atoms with Gasteiger partial charge in [0.05, 0.1) is 24.6 Å². The summed E-state index contributed by atoms with van der Waals surface area (Å²) in [5, 5.41) is 29.9. The molecule has 278 valence electrons. The normalized spacial score (nSPS) is 11.6. The standard InChI is InChI=1S/C20H31BrN2O2Si.C14H17BrN2O2.4CH4/c1-19(2,3)26(6,7)25-13-12-23-14-17(22-18(23)20(4,5)24)15-8-10-16(21)11-9-15;1-14(2,19)13-16-12(9-17(13)7-8-18)10-3-5-11(15)6-4-10;;;;/h8-11,14,24H,12-13H2,1-7H3;3-6,9,18-19H,7-8H2,1-2H3;4*1H4.